The minimum Gasteiger partial charge on any atom is -0.506 e. The van der Waals surface area contributed by atoms with Crippen molar-refractivity contribution >= 4 is 16.9 Å². The highest BCUT2D eigenvalue weighted by atomic mass is 19.1. The maximum atomic E-state index is 14.5. The van der Waals surface area contributed by atoms with Gasteiger partial charge in [0.05, 0.1) is 17.1 Å². The number of nitrogens with zero attached hydrogens (tertiary/aromatic N) is 2. The highest BCUT2D eigenvalue weighted by Gasteiger charge is 2.33. The van der Waals surface area contributed by atoms with Gasteiger partial charge in [-0.3, -0.25) is 0 Å². The van der Waals surface area contributed by atoms with E-state index in [2.05, 4.69) is 6.07 Å². The van der Waals surface area contributed by atoms with Gasteiger partial charge in [-0.05, 0) is 54.4 Å². The summed E-state index contributed by atoms with van der Waals surface area (Å²) in [7, 11) is 0. The van der Waals surface area contributed by atoms with E-state index in [1.54, 1.807) is 35.8 Å². The van der Waals surface area contributed by atoms with E-state index in [0.717, 1.165) is 6.07 Å². The van der Waals surface area contributed by atoms with E-state index in [1.807, 2.05) is 13.8 Å². The van der Waals surface area contributed by atoms with Crippen LogP contribution in [0.25, 0.3) is 27.7 Å². The standard InChI is InChI=1S/C27H22F2N2O3/c1-15-11-16(7-8-21(15)29)23-20-13-18(28)14-22(32)24(20)31(25(23)27(2,3)9-10-30)19-6-4-5-17(12-19)26(33)34/h4-8,11-14,32H,9H2,1-3H3,(H,33,34). The molecule has 0 radical (unpaired) electrons. The highest BCUT2D eigenvalue weighted by Crippen LogP contribution is 2.46. The Morgan fingerprint density at radius 2 is 1.85 bits per heavy atom. The third kappa shape index (κ3) is 3.77. The number of phenols is 1. The number of phenolic OH excluding ortho intramolecular Hbond substituents is 1. The third-order valence-electron chi connectivity index (χ3n) is 5.97. The molecular formula is C27H22F2N2O3. The van der Waals surface area contributed by atoms with Gasteiger partial charge < -0.3 is 14.8 Å². The smallest absolute Gasteiger partial charge is 0.335 e. The molecule has 34 heavy (non-hydrogen) atoms. The maximum absolute atomic E-state index is 14.5. The molecule has 3 aromatic carbocycles. The Balaban J connectivity index is 2.25. The largest absolute Gasteiger partial charge is 0.506 e. The van der Waals surface area contributed by atoms with Crippen LogP contribution in [0.5, 0.6) is 5.75 Å². The zero-order valence-electron chi connectivity index (χ0n) is 18.9. The third-order valence-corrected chi connectivity index (χ3v) is 5.97. The second-order valence-electron chi connectivity index (χ2n) is 8.92. The molecule has 0 atom stereocenters. The number of nitriles is 1. The van der Waals surface area contributed by atoms with Crippen molar-refractivity contribution in [3.63, 3.8) is 0 Å². The van der Waals surface area contributed by atoms with Crippen LogP contribution in [-0.2, 0) is 5.41 Å². The first kappa shape index (κ1) is 23.0. The van der Waals surface area contributed by atoms with E-state index in [0.29, 0.717) is 33.5 Å². The number of halogens is 2. The predicted octanol–water partition coefficient (Wildman–Crippen LogP) is 6.48. The zero-order chi connectivity index (χ0) is 24.8. The molecule has 7 heteroatoms. The van der Waals surface area contributed by atoms with Gasteiger partial charge in [0, 0.05) is 40.2 Å². The van der Waals surface area contributed by atoms with Crippen molar-refractivity contribution in [2.75, 3.05) is 0 Å². The number of rotatable bonds is 5. The van der Waals surface area contributed by atoms with Crippen LogP contribution in [0.15, 0.2) is 54.6 Å². The van der Waals surface area contributed by atoms with E-state index in [4.69, 9.17) is 0 Å². The number of aromatic hydroxyl groups is 1. The lowest BCUT2D eigenvalue weighted by Crippen LogP contribution is -2.22. The Morgan fingerprint density at radius 1 is 1.12 bits per heavy atom. The van der Waals surface area contributed by atoms with Crippen LogP contribution in [0.4, 0.5) is 8.78 Å². The molecule has 0 saturated heterocycles. The van der Waals surface area contributed by atoms with Crippen LogP contribution in [0.1, 0.15) is 41.9 Å². The predicted molar refractivity (Wildman–Crippen MR) is 125 cm³/mol. The van der Waals surface area contributed by atoms with Gasteiger partial charge in [-0.25, -0.2) is 13.6 Å². The summed E-state index contributed by atoms with van der Waals surface area (Å²) in [5, 5.41) is 30.3. The number of carboxylic acids is 1. The number of hydrogen-bond acceptors (Lipinski definition) is 3. The van der Waals surface area contributed by atoms with Crippen LogP contribution in [0.3, 0.4) is 0 Å². The summed E-state index contributed by atoms with van der Waals surface area (Å²) in [4.78, 5) is 11.7. The van der Waals surface area contributed by atoms with Crippen LogP contribution >= 0.6 is 0 Å². The monoisotopic (exact) mass is 460 g/mol. The first-order valence-electron chi connectivity index (χ1n) is 10.6. The molecule has 0 unspecified atom stereocenters. The van der Waals surface area contributed by atoms with Crippen molar-refractivity contribution in [1.29, 1.82) is 5.26 Å². The molecule has 0 saturated carbocycles. The number of carbonyl (C=O) groups is 1. The van der Waals surface area contributed by atoms with E-state index >= 15 is 0 Å². The lowest BCUT2D eigenvalue weighted by atomic mass is 9.81. The first-order valence-corrected chi connectivity index (χ1v) is 10.6. The molecule has 0 fully saturated rings. The number of fused-ring (bicyclic) bond motifs is 1. The molecule has 172 valence electrons. The van der Waals surface area contributed by atoms with Crippen LogP contribution in [-0.4, -0.2) is 20.7 Å². The second-order valence-corrected chi connectivity index (χ2v) is 8.92. The lowest BCUT2D eigenvalue weighted by molar-refractivity contribution is 0.0697. The zero-order valence-corrected chi connectivity index (χ0v) is 18.9. The number of carboxylic acid groups (broad SMARTS) is 1. The number of aryl methyl sites for hydroxylation is 1. The van der Waals surface area contributed by atoms with Gasteiger partial charge >= 0.3 is 5.97 Å². The van der Waals surface area contributed by atoms with E-state index in [9.17, 15) is 29.1 Å². The molecule has 4 rings (SSSR count). The molecule has 0 bridgehead atoms. The van der Waals surface area contributed by atoms with Crippen LogP contribution < -0.4 is 0 Å². The molecule has 1 aromatic heterocycles. The van der Waals surface area contributed by atoms with Crippen molar-refractivity contribution in [2.45, 2.75) is 32.6 Å². The van der Waals surface area contributed by atoms with Crippen molar-refractivity contribution in [1.82, 2.24) is 4.57 Å². The summed E-state index contributed by atoms with van der Waals surface area (Å²) in [6.45, 7) is 5.30. The fraction of sp³-hybridized carbons (Fsp3) is 0.185. The Bertz CT molecular complexity index is 1500. The fourth-order valence-electron chi connectivity index (χ4n) is 4.41. The molecule has 4 aromatic rings. The number of aromatic carboxylic acids is 1. The van der Waals surface area contributed by atoms with Gasteiger partial charge in [-0.15, -0.1) is 0 Å². The fourth-order valence-corrected chi connectivity index (χ4v) is 4.41. The topological polar surface area (TPSA) is 86.2 Å². The van der Waals surface area contributed by atoms with Crippen molar-refractivity contribution < 1.29 is 23.8 Å². The Hall–Kier alpha value is -4.18. The average molecular weight is 460 g/mol. The second kappa shape index (κ2) is 8.31. The first-order chi connectivity index (χ1) is 16.0. The number of benzene rings is 3. The summed E-state index contributed by atoms with van der Waals surface area (Å²) >= 11 is 0. The quantitative estimate of drug-likeness (QED) is 0.357. The van der Waals surface area contributed by atoms with Gasteiger partial charge in [0.1, 0.15) is 17.4 Å². The molecule has 0 aliphatic heterocycles. The van der Waals surface area contributed by atoms with E-state index in [1.165, 1.54) is 24.3 Å². The summed E-state index contributed by atoms with van der Waals surface area (Å²) < 4.78 is 30.3. The molecule has 1 heterocycles. The normalized spacial score (nSPS) is 11.5. The molecule has 2 N–H and O–H groups in total. The average Bonchev–Trinajstić information content (AvgIpc) is 3.12. The van der Waals surface area contributed by atoms with Gasteiger partial charge in [-0.2, -0.15) is 5.26 Å². The molecule has 0 aliphatic carbocycles. The number of aromatic nitrogens is 1. The minimum atomic E-state index is -1.12. The Labute approximate surface area is 195 Å². The van der Waals surface area contributed by atoms with Gasteiger partial charge in [-0.1, -0.05) is 26.0 Å². The SMILES string of the molecule is Cc1cc(-c2c(C(C)(C)CC#N)n(-c3cccc(C(=O)O)c3)c3c(O)cc(F)cc23)ccc1F. The van der Waals surface area contributed by atoms with Gasteiger partial charge in [0.25, 0.3) is 0 Å². The van der Waals surface area contributed by atoms with Crippen molar-refractivity contribution in [3.8, 4) is 28.6 Å². The minimum absolute atomic E-state index is 0.0316. The Kier molecular flexibility index (Phi) is 5.62. The molecular weight excluding hydrogens is 438 g/mol. The van der Waals surface area contributed by atoms with Crippen LogP contribution in [0, 0.1) is 29.9 Å². The van der Waals surface area contributed by atoms with Crippen molar-refractivity contribution in [2.24, 2.45) is 0 Å². The lowest BCUT2D eigenvalue weighted by Gasteiger charge is -2.27. The van der Waals surface area contributed by atoms with E-state index < -0.39 is 23.0 Å². The summed E-state index contributed by atoms with van der Waals surface area (Å²) in [5.74, 6) is -2.52. The summed E-state index contributed by atoms with van der Waals surface area (Å²) in [6.07, 6.45) is 0.0817. The maximum Gasteiger partial charge on any atom is 0.335 e. The Morgan fingerprint density at radius 3 is 2.50 bits per heavy atom. The highest BCUT2D eigenvalue weighted by molar-refractivity contribution is 6.03. The summed E-state index contributed by atoms with van der Waals surface area (Å²) in [6, 6.07) is 15.1. The molecule has 0 aliphatic rings. The van der Waals surface area contributed by atoms with Gasteiger partial charge in [0.2, 0.25) is 0 Å². The molecule has 0 spiro atoms. The summed E-state index contributed by atoms with van der Waals surface area (Å²) in [5.41, 5.74) is 1.99. The van der Waals surface area contributed by atoms with Crippen LogP contribution in [0.2, 0.25) is 0 Å². The van der Waals surface area contributed by atoms with Crippen molar-refractivity contribution in [3.05, 3.63) is 83.1 Å². The number of hydrogen-bond donors (Lipinski definition) is 2. The molecule has 0 amide bonds. The van der Waals surface area contributed by atoms with Gasteiger partial charge in [0.15, 0.2) is 0 Å². The molecule has 5 nitrogen and oxygen atoms in total. The van der Waals surface area contributed by atoms with E-state index in [-0.39, 0.29) is 23.3 Å².